The standard InChI is InChI=1S/C21H18N2O4S/c1-13(10-14-6-4-3-5-7-14)11-18-19(25)23(2)21(28-18)22-17-9-8-15(24)12-16(17)20(26)27/h3-12,24H,1-2H3,(H,26,27)/b13-10+,18-11-,22-21?. The second-order valence-corrected chi connectivity index (χ2v) is 7.18. The van der Waals surface area contributed by atoms with Crippen LogP contribution < -0.4 is 0 Å². The number of hydrogen-bond donors (Lipinski definition) is 2. The van der Waals surface area contributed by atoms with Crippen LogP contribution in [0.3, 0.4) is 0 Å². The summed E-state index contributed by atoms with van der Waals surface area (Å²) in [5.41, 5.74) is 1.98. The van der Waals surface area contributed by atoms with E-state index in [4.69, 9.17) is 0 Å². The summed E-state index contributed by atoms with van der Waals surface area (Å²) < 4.78 is 0. The summed E-state index contributed by atoms with van der Waals surface area (Å²) in [4.78, 5) is 30.1. The molecule has 28 heavy (non-hydrogen) atoms. The molecule has 0 aliphatic carbocycles. The van der Waals surface area contributed by atoms with Crippen molar-refractivity contribution in [1.29, 1.82) is 0 Å². The second-order valence-electron chi connectivity index (χ2n) is 6.17. The van der Waals surface area contributed by atoms with Crippen molar-refractivity contribution in [1.82, 2.24) is 4.90 Å². The fraction of sp³-hybridized carbons (Fsp3) is 0.0952. The van der Waals surface area contributed by atoms with Gasteiger partial charge in [0.15, 0.2) is 5.17 Å². The zero-order valence-electron chi connectivity index (χ0n) is 15.3. The van der Waals surface area contributed by atoms with Gasteiger partial charge >= 0.3 is 5.97 Å². The smallest absolute Gasteiger partial charge is 0.338 e. The zero-order chi connectivity index (χ0) is 20.3. The van der Waals surface area contributed by atoms with Crippen LogP contribution in [0, 0.1) is 0 Å². The summed E-state index contributed by atoms with van der Waals surface area (Å²) in [5.74, 6) is -1.57. The van der Waals surface area contributed by atoms with Gasteiger partial charge in [-0.3, -0.25) is 9.69 Å². The number of aromatic hydroxyl groups is 1. The molecule has 1 aliphatic rings. The Kier molecular flexibility index (Phi) is 5.65. The largest absolute Gasteiger partial charge is 0.508 e. The van der Waals surface area contributed by atoms with Crippen molar-refractivity contribution in [2.45, 2.75) is 6.92 Å². The monoisotopic (exact) mass is 394 g/mol. The predicted molar refractivity (Wildman–Crippen MR) is 111 cm³/mol. The third-order valence-corrected chi connectivity index (χ3v) is 5.04. The lowest BCUT2D eigenvalue weighted by Crippen LogP contribution is -2.23. The molecule has 3 rings (SSSR count). The molecular weight excluding hydrogens is 376 g/mol. The number of aliphatic imine (C=N–C) groups is 1. The van der Waals surface area contributed by atoms with Gasteiger partial charge in [0, 0.05) is 7.05 Å². The van der Waals surface area contributed by atoms with Crippen LogP contribution in [-0.2, 0) is 4.79 Å². The Bertz CT molecular complexity index is 1030. The highest BCUT2D eigenvalue weighted by molar-refractivity contribution is 8.18. The molecule has 1 aliphatic heterocycles. The summed E-state index contributed by atoms with van der Waals surface area (Å²) in [5, 5.41) is 19.2. The topological polar surface area (TPSA) is 90.2 Å². The molecule has 0 bridgehead atoms. The first-order valence-corrected chi connectivity index (χ1v) is 9.23. The number of nitrogens with zero attached hydrogens (tertiary/aromatic N) is 2. The van der Waals surface area contributed by atoms with Crippen molar-refractivity contribution >= 4 is 40.6 Å². The van der Waals surface area contributed by atoms with E-state index < -0.39 is 5.97 Å². The summed E-state index contributed by atoms with van der Waals surface area (Å²) in [7, 11) is 1.59. The molecule has 7 heteroatoms. The van der Waals surface area contributed by atoms with E-state index in [-0.39, 0.29) is 22.9 Å². The van der Waals surface area contributed by atoms with Crippen molar-refractivity contribution in [2.75, 3.05) is 7.05 Å². The molecule has 0 radical (unpaired) electrons. The Morgan fingerprint density at radius 2 is 1.89 bits per heavy atom. The summed E-state index contributed by atoms with van der Waals surface area (Å²) in [6.07, 6.45) is 3.76. The summed E-state index contributed by atoms with van der Waals surface area (Å²) in [6.45, 7) is 1.91. The Morgan fingerprint density at radius 1 is 1.18 bits per heavy atom. The van der Waals surface area contributed by atoms with Crippen molar-refractivity contribution in [3.63, 3.8) is 0 Å². The van der Waals surface area contributed by atoms with Crippen LogP contribution in [0.5, 0.6) is 5.75 Å². The number of rotatable bonds is 4. The number of carboxylic acid groups (broad SMARTS) is 1. The van der Waals surface area contributed by atoms with Crippen LogP contribution in [0.2, 0.25) is 0 Å². The Labute approximate surface area is 166 Å². The third-order valence-electron chi connectivity index (χ3n) is 3.98. The minimum atomic E-state index is -1.20. The van der Waals surface area contributed by atoms with E-state index in [9.17, 15) is 19.8 Å². The van der Waals surface area contributed by atoms with Gasteiger partial charge in [0.05, 0.1) is 16.2 Å². The minimum Gasteiger partial charge on any atom is -0.508 e. The molecule has 0 spiro atoms. The molecule has 1 saturated heterocycles. The van der Waals surface area contributed by atoms with Gasteiger partial charge in [-0.15, -0.1) is 0 Å². The third kappa shape index (κ3) is 4.32. The fourth-order valence-corrected chi connectivity index (χ4v) is 3.64. The van der Waals surface area contributed by atoms with E-state index in [1.807, 2.05) is 43.3 Å². The number of carbonyl (C=O) groups is 2. The van der Waals surface area contributed by atoms with Crippen LogP contribution in [0.4, 0.5) is 5.69 Å². The van der Waals surface area contributed by atoms with Gasteiger partial charge in [0.1, 0.15) is 5.75 Å². The molecule has 0 unspecified atom stereocenters. The van der Waals surface area contributed by atoms with Crippen molar-refractivity contribution in [3.8, 4) is 5.75 Å². The number of likely N-dealkylation sites (N-methyl/N-ethyl adjacent to an activating group) is 1. The first-order valence-electron chi connectivity index (χ1n) is 8.41. The maximum Gasteiger partial charge on any atom is 0.338 e. The molecule has 1 heterocycles. The van der Waals surface area contributed by atoms with Crippen molar-refractivity contribution < 1.29 is 19.8 Å². The van der Waals surface area contributed by atoms with Crippen molar-refractivity contribution in [2.24, 2.45) is 4.99 Å². The predicted octanol–water partition coefficient (Wildman–Crippen LogP) is 4.27. The normalized spacial score (nSPS) is 17.6. The Hall–Kier alpha value is -3.32. The van der Waals surface area contributed by atoms with Gasteiger partial charge < -0.3 is 10.2 Å². The van der Waals surface area contributed by atoms with E-state index in [0.29, 0.717) is 10.1 Å². The van der Waals surface area contributed by atoms with Crippen LogP contribution in [0.25, 0.3) is 6.08 Å². The molecule has 0 saturated carbocycles. The lowest BCUT2D eigenvalue weighted by atomic mass is 10.1. The van der Waals surface area contributed by atoms with E-state index in [0.717, 1.165) is 17.2 Å². The van der Waals surface area contributed by atoms with E-state index in [1.54, 1.807) is 13.1 Å². The molecule has 142 valence electrons. The highest BCUT2D eigenvalue weighted by atomic mass is 32.2. The SMILES string of the molecule is CC(/C=C1\SC(=Nc2ccc(O)cc2C(=O)O)N(C)C1=O)=C\c1ccccc1. The molecule has 0 aromatic heterocycles. The average Bonchev–Trinajstić information content (AvgIpc) is 2.91. The average molecular weight is 394 g/mol. The number of carbonyl (C=O) groups excluding carboxylic acids is 1. The quantitative estimate of drug-likeness (QED) is 0.756. The van der Waals surface area contributed by atoms with Crippen LogP contribution in [0.1, 0.15) is 22.8 Å². The number of hydrogen-bond acceptors (Lipinski definition) is 5. The zero-order valence-corrected chi connectivity index (χ0v) is 16.1. The van der Waals surface area contributed by atoms with E-state index >= 15 is 0 Å². The van der Waals surface area contributed by atoms with Gasteiger partial charge in [-0.1, -0.05) is 36.4 Å². The van der Waals surface area contributed by atoms with Gasteiger partial charge in [0.25, 0.3) is 5.91 Å². The van der Waals surface area contributed by atoms with Gasteiger partial charge in [-0.05, 0) is 54.1 Å². The number of aromatic carboxylic acids is 1. The number of amides is 1. The highest BCUT2D eigenvalue weighted by Gasteiger charge is 2.30. The number of carboxylic acids is 1. The molecule has 0 atom stereocenters. The Morgan fingerprint density at radius 3 is 2.57 bits per heavy atom. The minimum absolute atomic E-state index is 0.133. The maximum atomic E-state index is 12.5. The first kappa shape index (κ1) is 19.4. The molecule has 6 nitrogen and oxygen atoms in total. The van der Waals surface area contributed by atoms with E-state index in [1.165, 1.54) is 28.8 Å². The lowest BCUT2D eigenvalue weighted by Gasteiger charge is -2.08. The van der Waals surface area contributed by atoms with Crippen LogP contribution in [0.15, 0.2) is 70.1 Å². The highest BCUT2D eigenvalue weighted by Crippen LogP contribution is 2.34. The number of allylic oxidation sites excluding steroid dienone is 2. The summed E-state index contributed by atoms with van der Waals surface area (Å²) >= 11 is 1.18. The van der Waals surface area contributed by atoms with Crippen LogP contribution >= 0.6 is 11.8 Å². The van der Waals surface area contributed by atoms with Gasteiger partial charge in [0.2, 0.25) is 0 Å². The van der Waals surface area contributed by atoms with E-state index in [2.05, 4.69) is 4.99 Å². The number of phenols is 1. The van der Waals surface area contributed by atoms with Crippen LogP contribution in [-0.4, -0.2) is 39.2 Å². The van der Waals surface area contributed by atoms with Crippen molar-refractivity contribution in [3.05, 3.63) is 76.2 Å². The molecule has 2 N–H and O–H groups in total. The summed E-state index contributed by atoms with van der Waals surface area (Å²) in [6, 6.07) is 13.7. The maximum absolute atomic E-state index is 12.5. The van der Waals surface area contributed by atoms with Gasteiger partial charge in [-0.2, -0.15) is 0 Å². The number of amidine groups is 1. The molecule has 2 aromatic rings. The first-order chi connectivity index (χ1) is 13.3. The number of thioether (sulfide) groups is 1. The molecule has 1 fully saturated rings. The number of phenolic OH excluding ortho intramolecular Hbond substituents is 1. The lowest BCUT2D eigenvalue weighted by molar-refractivity contribution is -0.121. The molecule has 1 amide bonds. The molecule has 2 aromatic carbocycles. The second kappa shape index (κ2) is 8.14. The Balaban J connectivity index is 1.91. The van der Waals surface area contributed by atoms with Gasteiger partial charge in [-0.25, -0.2) is 9.79 Å². The fourth-order valence-electron chi connectivity index (χ4n) is 2.61. The number of benzene rings is 2. The molecular formula is C21H18N2O4S.